The summed E-state index contributed by atoms with van der Waals surface area (Å²) < 4.78 is 5.82. The van der Waals surface area contributed by atoms with E-state index in [0.717, 1.165) is 43.4 Å². The molecule has 1 aliphatic carbocycles. The third kappa shape index (κ3) is 3.85. The molecule has 3 atom stereocenters. The van der Waals surface area contributed by atoms with Gasteiger partial charge in [-0.25, -0.2) is 0 Å². The maximum atomic E-state index is 8.92. The zero-order valence-corrected chi connectivity index (χ0v) is 11.5. The van der Waals surface area contributed by atoms with E-state index in [9.17, 15) is 0 Å². The Morgan fingerprint density at radius 2 is 2.28 bits per heavy atom. The van der Waals surface area contributed by atoms with E-state index < -0.39 is 0 Å². The summed E-state index contributed by atoms with van der Waals surface area (Å²) in [5, 5.41) is 12.3. The number of aliphatic hydroxyl groups is 1. The van der Waals surface area contributed by atoms with Gasteiger partial charge < -0.3 is 14.8 Å². The molecule has 3 unspecified atom stereocenters. The van der Waals surface area contributed by atoms with Crippen molar-refractivity contribution in [3.8, 4) is 0 Å². The lowest BCUT2D eigenvalue weighted by molar-refractivity contribution is 0.228. The Morgan fingerprint density at radius 3 is 2.94 bits per heavy atom. The quantitative estimate of drug-likeness (QED) is 0.698. The van der Waals surface area contributed by atoms with Crippen molar-refractivity contribution in [3.05, 3.63) is 23.7 Å². The standard InChI is InChI=1S/C15H25NO2/c1-11(10-17)4-3-7-16-9-13-5-6-15(18-13)14-8-12(14)2/h5-6,11-12,14,16-17H,3-4,7-10H2,1-2H3. The van der Waals surface area contributed by atoms with Crippen LogP contribution >= 0.6 is 0 Å². The van der Waals surface area contributed by atoms with Gasteiger partial charge >= 0.3 is 0 Å². The minimum absolute atomic E-state index is 0.293. The van der Waals surface area contributed by atoms with Crippen LogP contribution in [0, 0.1) is 11.8 Å². The predicted molar refractivity (Wildman–Crippen MR) is 72.4 cm³/mol. The molecule has 1 saturated carbocycles. The zero-order valence-electron chi connectivity index (χ0n) is 11.5. The molecule has 2 rings (SSSR count). The van der Waals surface area contributed by atoms with Crippen molar-refractivity contribution in [2.75, 3.05) is 13.2 Å². The van der Waals surface area contributed by atoms with Crippen LogP contribution in [0.25, 0.3) is 0 Å². The molecule has 0 spiro atoms. The van der Waals surface area contributed by atoms with E-state index >= 15 is 0 Å². The molecule has 0 saturated heterocycles. The molecule has 3 nitrogen and oxygen atoms in total. The van der Waals surface area contributed by atoms with Crippen LogP contribution in [-0.4, -0.2) is 18.3 Å². The zero-order chi connectivity index (χ0) is 13.0. The Balaban J connectivity index is 1.60. The van der Waals surface area contributed by atoms with Gasteiger partial charge in [0.2, 0.25) is 0 Å². The largest absolute Gasteiger partial charge is 0.464 e. The van der Waals surface area contributed by atoms with Crippen molar-refractivity contribution >= 4 is 0 Å². The maximum absolute atomic E-state index is 8.92. The highest BCUT2D eigenvalue weighted by Gasteiger charge is 2.36. The highest BCUT2D eigenvalue weighted by molar-refractivity contribution is 5.17. The maximum Gasteiger partial charge on any atom is 0.117 e. The van der Waals surface area contributed by atoms with E-state index in [1.165, 1.54) is 6.42 Å². The lowest BCUT2D eigenvalue weighted by Crippen LogP contribution is -2.15. The number of furan rings is 1. The Morgan fingerprint density at radius 1 is 1.50 bits per heavy atom. The van der Waals surface area contributed by atoms with Crippen LogP contribution < -0.4 is 5.32 Å². The highest BCUT2D eigenvalue weighted by Crippen LogP contribution is 2.47. The van der Waals surface area contributed by atoms with Gasteiger partial charge in [-0.15, -0.1) is 0 Å². The third-order valence-electron chi connectivity index (χ3n) is 3.82. The van der Waals surface area contributed by atoms with Gasteiger partial charge in [-0.05, 0) is 49.8 Å². The number of hydrogen-bond donors (Lipinski definition) is 2. The molecule has 18 heavy (non-hydrogen) atoms. The molecule has 1 fully saturated rings. The summed E-state index contributed by atoms with van der Waals surface area (Å²) in [6.07, 6.45) is 3.46. The monoisotopic (exact) mass is 251 g/mol. The Hall–Kier alpha value is -0.800. The SMILES string of the molecule is CC(CO)CCCNCc1ccc(C2CC2C)o1. The van der Waals surface area contributed by atoms with E-state index in [4.69, 9.17) is 9.52 Å². The van der Waals surface area contributed by atoms with Gasteiger partial charge in [0.25, 0.3) is 0 Å². The van der Waals surface area contributed by atoms with Crippen molar-refractivity contribution in [2.45, 2.75) is 45.6 Å². The van der Waals surface area contributed by atoms with E-state index in [1.54, 1.807) is 0 Å². The highest BCUT2D eigenvalue weighted by atomic mass is 16.3. The van der Waals surface area contributed by atoms with Crippen LogP contribution in [0.15, 0.2) is 16.5 Å². The van der Waals surface area contributed by atoms with Crippen molar-refractivity contribution < 1.29 is 9.52 Å². The van der Waals surface area contributed by atoms with Crippen LogP contribution in [0.4, 0.5) is 0 Å². The molecular formula is C15H25NO2. The molecule has 1 aromatic rings. The third-order valence-corrected chi connectivity index (χ3v) is 3.82. The normalized spacial score (nSPS) is 24.2. The number of aliphatic hydroxyl groups excluding tert-OH is 1. The summed E-state index contributed by atoms with van der Waals surface area (Å²) in [5.74, 6) is 4.09. The topological polar surface area (TPSA) is 45.4 Å². The van der Waals surface area contributed by atoms with Crippen molar-refractivity contribution in [2.24, 2.45) is 11.8 Å². The molecule has 0 amide bonds. The summed E-state index contributed by atoms with van der Waals surface area (Å²) >= 11 is 0. The summed E-state index contributed by atoms with van der Waals surface area (Å²) in [6, 6.07) is 4.21. The molecule has 2 N–H and O–H groups in total. The number of rotatable bonds is 8. The van der Waals surface area contributed by atoms with Gasteiger partial charge in [-0.3, -0.25) is 0 Å². The minimum atomic E-state index is 0.293. The van der Waals surface area contributed by atoms with Gasteiger partial charge in [-0.2, -0.15) is 0 Å². The Kier molecular flexibility index (Phi) is 4.84. The van der Waals surface area contributed by atoms with E-state index in [0.29, 0.717) is 18.4 Å². The average Bonchev–Trinajstić information content (AvgIpc) is 2.91. The number of nitrogens with one attached hydrogen (secondary N) is 1. The summed E-state index contributed by atoms with van der Waals surface area (Å²) in [7, 11) is 0. The van der Waals surface area contributed by atoms with Crippen LogP contribution in [0.5, 0.6) is 0 Å². The van der Waals surface area contributed by atoms with Gasteiger partial charge in [0.15, 0.2) is 0 Å². The second kappa shape index (κ2) is 6.39. The molecular weight excluding hydrogens is 226 g/mol. The predicted octanol–water partition coefficient (Wildman–Crippen LogP) is 2.90. The van der Waals surface area contributed by atoms with E-state index in [2.05, 4.69) is 31.3 Å². The second-order valence-electron chi connectivity index (χ2n) is 5.73. The summed E-state index contributed by atoms with van der Waals surface area (Å²) in [4.78, 5) is 0. The first-order valence-corrected chi connectivity index (χ1v) is 7.11. The van der Waals surface area contributed by atoms with Gasteiger partial charge in [-0.1, -0.05) is 13.8 Å². The second-order valence-corrected chi connectivity index (χ2v) is 5.73. The molecule has 1 aliphatic rings. The Bertz CT molecular complexity index is 361. The van der Waals surface area contributed by atoms with Crippen molar-refractivity contribution in [1.29, 1.82) is 0 Å². The van der Waals surface area contributed by atoms with E-state index in [-0.39, 0.29) is 0 Å². The van der Waals surface area contributed by atoms with Crippen molar-refractivity contribution in [1.82, 2.24) is 5.32 Å². The van der Waals surface area contributed by atoms with Crippen LogP contribution in [-0.2, 0) is 6.54 Å². The fraction of sp³-hybridized carbons (Fsp3) is 0.733. The molecule has 1 aromatic heterocycles. The average molecular weight is 251 g/mol. The molecule has 0 bridgehead atoms. The van der Waals surface area contributed by atoms with Crippen molar-refractivity contribution in [3.63, 3.8) is 0 Å². The molecule has 102 valence electrons. The first-order chi connectivity index (χ1) is 8.70. The van der Waals surface area contributed by atoms with Gasteiger partial charge in [0.05, 0.1) is 6.54 Å². The lowest BCUT2D eigenvalue weighted by Gasteiger charge is -2.07. The smallest absolute Gasteiger partial charge is 0.117 e. The van der Waals surface area contributed by atoms with Gasteiger partial charge in [0, 0.05) is 12.5 Å². The minimum Gasteiger partial charge on any atom is -0.464 e. The first kappa shape index (κ1) is 13.6. The molecule has 0 aromatic carbocycles. The summed E-state index contributed by atoms with van der Waals surface area (Å²) in [6.45, 7) is 6.44. The fourth-order valence-corrected chi connectivity index (χ4v) is 2.29. The molecule has 3 heteroatoms. The molecule has 0 aliphatic heterocycles. The fourth-order valence-electron chi connectivity index (χ4n) is 2.29. The summed E-state index contributed by atoms with van der Waals surface area (Å²) in [5.41, 5.74) is 0. The van der Waals surface area contributed by atoms with Crippen LogP contribution in [0.2, 0.25) is 0 Å². The first-order valence-electron chi connectivity index (χ1n) is 7.11. The lowest BCUT2D eigenvalue weighted by atomic mass is 10.1. The molecule has 1 heterocycles. The Labute approximate surface area is 110 Å². The number of hydrogen-bond acceptors (Lipinski definition) is 3. The van der Waals surface area contributed by atoms with Crippen LogP contribution in [0.3, 0.4) is 0 Å². The van der Waals surface area contributed by atoms with E-state index in [1.807, 2.05) is 0 Å². The van der Waals surface area contributed by atoms with Crippen LogP contribution in [0.1, 0.15) is 50.5 Å². The van der Waals surface area contributed by atoms with Gasteiger partial charge in [0.1, 0.15) is 11.5 Å². The molecule has 0 radical (unpaired) electrons.